The van der Waals surface area contributed by atoms with Gasteiger partial charge in [-0.05, 0) is 75.4 Å². The summed E-state index contributed by atoms with van der Waals surface area (Å²) in [5.41, 5.74) is 1.76. The van der Waals surface area contributed by atoms with Crippen molar-refractivity contribution in [2.24, 2.45) is 23.5 Å². The van der Waals surface area contributed by atoms with E-state index in [1.54, 1.807) is 55.4 Å². The van der Waals surface area contributed by atoms with Crippen LogP contribution in [0.5, 0.6) is 0 Å². The normalized spacial score (nSPS) is 39.5. The minimum Gasteiger partial charge on any atom is -0.459 e. The first-order valence-corrected chi connectivity index (χ1v) is 18.7. The lowest BCUT2D eigenvalue weighted by molar-refractivity contribution is -0.316. The first kappa shape index (κ1) is 44.9. The molecule has 0 aromatic carbocycles. The van der Waals surface area contributed by atoms with Gasteiger partial charge in [0.15, 0.2) is 12.6 Å². The number of hydrogen-bond acceptors (Lipinski definition) is 15. The number of carbonyl (C=O) groups excluding carboxylic acids is 2. The molecule has 15 nitrogen and oxygen atoms in total. The standard InChI is InChI=1S/C37H68N2O13/c1-14-25(37(10,45)29(41)22(6)38)49-33(44)21(5)28(50-26-17-35(8,46-13)30(42)23(7)48-26)20(4)31(36(9)16-18(2)32(43)52-36)51-34-27(40)24(39(11)12)15-19(3)47-34/h18-31,34,40-42,45H,14-17,38H2,1-13H3/t18-,19-,20+,21-,22-,23+,24+,25-,26+,27-,28+,29-,30+,31-,34+,35-,36+,37-/m1/s1. The second-order valence-electron chi connectivity index (χ2n) is 16.5. The van der Waals surface area contributed by atoms with Crippen LogP contribution in [-0.2, 0) is 42.7 Å². The Morgan fingerprint density at radius 3 is 2.21 bits per heavy atom. The van der Waals surface area contributed by atoms with Crippen LogP contribution in [0.25, 0.3) is 0 Å². The summed E-state index contributed by atoms with van der Waals surface area (Å²) in [7, 11) is 5.22. The van der Waals surface area contributed by atoms with Crippen molar-refractivity contribution < 1.29 is 63.2 Å². The van der Waals surface area contributed by atoms with E-state index in [0.717, 1.165) is 0 Å². The Balaban J connectivity index is 2.09. The van der Waals surface area contributed by atoms with Crippen LogP contribution in [0.15, 0.2) is 0 Å². The van der Waals surface area contributed by atoms with Gasteiger partial charge in [0.25, 0.3) is 0 Å². The highest BCUT2D eigenvalue weighted by atomic mass is 16.7. The number of rotatable bonds is 16. The van der Waals surface area contributed by atoms with Gasteiger partial charge < -0.3 is 64.2 Å². The second-order valence-corrected chi connectivity index (χ2v) is 16.5. The van der Waals surface area contributed by atoms with Gasteiger partial charge in [-0.25, -0.2) is 0 Å². The Bertz CT molecular complexity index is 1190. The molecule has 3 rings (SSSR count). The molecule has 3 heterocycles. The zero-order valence-corrected chi connectivity index (χ0v) is 33.5. The quantitative estimate of drug-likeness (QED) is 0.142. The molecular formula is C37H68N2O13. The van der Waals surface area contributed by atoms with Gasteiger partial charge in [0.05, 0.1) is 35.7 Å². The van der Waals surface area contributed by atoms with E-state index < -0.39 is 108 Å². The lowest BCUT2D eigenvalue weighted by Crippen LogP contribution is -2.60. The first-order valence-electron chi connectivity index (χ1n) is 18.7. The molecule has 0 aliphatic carbocycles. The zero-order chi connectivity index (χ0) is 39.7. The molecule has 0 amide bonds. The lowest BCUT2D eigenvalue weighted by Gasteiger charge is -2.48. The fourth-order valence-corrected chi connectivity index (χ4v) is 8.22. The predicted molar refractivity (Wildman–Crippen MR) is 190 cm³/mol. The molecule has 18 atom stereocenters. The van der Waals surface area contributed by atoms with Gasteiger partial charge in [-0.2, -0.15) is 0 Å². The first-order chi connectivity index (χ1) is 23.9. The molecule has 15 heteroatoms. The molecule has 0 unspecified atom stereocenters. The summed E-state index contributed by atoms with van der Waals surface area (Å²) in [4.78, 5) is 29.0. The largest absolute Gasteiger partial charge is 0.459 e. The number of ether oxygens (including phenoxy) is 7. The summed E-state index contributed by atoms with van der Waals surface area (Å²) in [6.07, 6.45) is -8.52. The number of nitrogens with two attached hydrogens (primary N) is 1. The fraction of sp³-hybridized carbons (Fsp3) is 0.946. The molecule has 6 N–H and O–H groups in total. The van der Waals surface area contributed by atoms with Crippen LogP contribution in [0.3, 0.4) is 0 Å². The predicted octanol–water partition coefficient (Wildman–Crippen LogP) is 1.48. The Morgan fingerprint density at radius 2 is 1.71 bits per heavy atom. The van der Waals surface area contributed by atoms with Crippen LogP contribution < -0.4 is 5.73 Å². The zero-order valence-electron chi connectivity index (χ0n) is 33.5. The van der Waals surface area contributed by atoms with Gasteiger partial charge in [0, 0.05) is 38.0 Å². The average Bonchev–Trinajstić information content (AvgIpc) is 3.34. The van der Waals surface area contributed by atoms with Gasteiger partial charge in [-0.15, -0.1) is 0 Å². The third kappa shape index (κ3) is 9.65. The van der Waals surface area contributed by atoms with E-state index in [1.165, 1.54) is 14.0 Å². The molecule has 0 aromatic heterocycles. The molecule has 3 aliphatic heterocycles. The highest BCUT2D eigenvalue weighted by Gasteiger charge is 2.56. The molecule has 3 aliphatic rings. The number of likely N-dealkylation sites (N-methyl/N-ethyl adjacent to an activating group) is 1. The van der Waals surface area contributed by atoms with Crippen LogP contribution in [0, 0.1) is 17.8 Å². The number of cyclic esters (lactones) is 1. The van der Waals surface area contributed by atoms with Crippen LogP contribution >= 0.6 is 0 Å². The minimum absolute atomic E-state index is 0.105. The van der Waals surface area contributed by atoms with E-state index in [2.05, 4.69) is 0 Å². The Kier molecular flexibility index (Phi) is 15.1. The lowest BCUT2D eigenvalue weighted by atomic mass is 9.79. The number of esters is 2. The van der Waals surface area contributed by atoms with E-state index in [-0.39, 0.29) is 31.4 Å². The van der Waals surface area contributed by atoms with Crippen molar-refractivity contribution in [1.29, 1.82) is 0 Å². The van der Waals surface area contributed by atoms with Crippen LogP contribution in [0.4, 0.5) is 0 Å². The molecule has 0 aromatic rings. The maximum atomic E-state index is 14.1. The van der Waals surface area contributed by atoms with E-state index >= 15 is 0 Å². The van der Waals surface area contributed by atoms with Gasteiger partial charge in [0.1, 0.15) is 41.7 Å². The maximum Gasteiger partial charge on any atom is 0.311 e. The molecule has 3 fully saturated rings. The summed E-state index contributed by atoms with van der Waals surface area (Å²) in [5.74, 6) is -3.41. The Labute approximate surface area is 309 Å². The van der Waals surface area contributed by atoms with Gasteiger partial charge in [-0.3, -0.25) is 9.59 Å². The molecule has 0 bridgehead atoms. The number of aliphatic hydroxyl groups is 4. The highest BCUT2D eigenvalue weighted by Crippen LogP contribution is 2.43. The van der Waals surface area contributed by atoms with Crippen LogP contribution in [0.2, 0.25) is 0 Å². The number of hydrogen-bond donors (Lipinski definition) is 5. The van der Waals surface area contributed by atoms with Crippen molar-refractivity contribution >= 4 is 11.9 Å². The molecule has 3 saturated heterocycles. The SMILES string of the molecule is CC[C@@H](OC(=O)[C@H](C)[C@@H](O[C@H]1C[C@@](C)(OC)[C@@H](O)[C@H](C)O1)[C@H](C)[C@@H](O[C@@H]1O[C@H](C)C[C@H](N(C)C)[C@H]1O)[C@]1(C)C[C@@H](C)C(=O)O1)[C@@](C)(O)[C@H](O)[C@@H](C)N. The van der Waals surface area contributed by atoms with Crippen molar-refractivity contribution in [2.45, 2.75) is 185 Å². The molecule has 52 heavy (non-hydrogen) atoms. The van der Waals surface area contributed by atoms with E-state index in [4.69, 9.17) is 38.9 Å². The average molecular weight is 749 g/mol. The van der Waals surface area contributed by atoms with E-state index in [9.17, 15) is 30.0 Å². The highest BCUT2D eigenvalue weighted by molar-refractivity contribution is 5.75. The molecule has 304 valence electrons. The second kappa shape index (κ2) is 17.5. The van der Waals surface area contributed by atoms with E-state index in [0.29, 0.717) is 6.42 Å². The topological polar surface area (TPSA) is 209 Å². The fourth-order valence-electron chi connectivity index (χ4n) is 8.22. The van der Waals surface area contributed by atoms with Gasteiger partial charge >= 0.3 is 11.9 Å². The monoisotopic (exact) mass is 748 g/mol. The minimum atomic E-state index is -1.87. The number of carbonyl (C=O) groups is 2. The smallest absolute Gasteiger partial charge is 0.311 e. The number of nitrogens with zero attached hydrogens (tertiary/aromatic N) is 1. The molecule has 0 saturated carbocycles. The summed E-state index contributed by atoms with van der Waals surface area (Å²) in [6, 6.07) is -1.10. The number of aliphatic hydroxyl groups excluding tert-OH is 3. The van der Waals surface area contributed by atoms with Crippen LogP contribution in [-0.4, -0.2) is 149 Å². The molecule has 0 radical (unpaired) electrons. The van der Waals surface area contributed by atoms with Crippen molar-refractivity contribution in [2.75, 3.05) is 21.2 Å². The van der Waals surface area contributed by atoms with Gasteiger partial charge in [0.2, 0.25) is 0 Å². The van der Waals surface area contributed by atoms with Crippen molar-refractivity contribution in [3.63, 3.8) is 0 Å². The summed E-state index contributed by atoms with van der Waals surface area (Å²) < 4.78 is 43.3. The van der Waals surface area contributed by atoms with Crippen molar-refractivity contribution in [1.82, 2.24) is 4.90 Å². The summed E-state index contributed by atoms with van der Waals surface area (Å²) in [6.45, 7) is 16.9. The Hall–Kier alpha value is -1.50. The van der Waals surface area contributed by atoms with Gasteiger partial charge in [-0.1, -0.05) is 20.8 Å². The summed E-state index contributed by atoms with van der Waals surface area (Å²) in [5, 5.41) is 44.4. The third-order valence-electron chi connectivity index (χ3n) is 11.6. The summed E-state index contributed by atoms with van der Waals surface area (Å²) >= 11 is 0. The molecular weight excluding hydrogens is 680 g/mol. The maximum absolute atomic E-state index is 14.1. The number of methoxy groups -OCH3 is 1. The van der Waals surface area contributed by atoms with Crippen LogP contribution in [0.1, 0.15) is 94.9 Å². The third-order valence-corrected chi connectivity index (χ3v) is 11.6. The van der Waals surface area contributed by atoms with E-state index in [1.807, 2.05) is 25.9 Å². The van der Waals surface area contributed by atoms with Crippen molar-refractivity contribution in [3.05, 3.63) is 0 Å². The molecule has 0 spiro atoms. The Morgan fingerprint density at radius 1 is 1.10 bits per heavy atom. The van der Waals surface area contributed by atoms with Crippen molar-refractivity contribution in [3.8, 4) is 0 Å².